The number of H-pyrrole nitrogens is 1. The maximum atomic E-state index is 13.6. The van der Waals surface area contributed by atoms with E-state index in [1.165, 1.54) is 0 Å². The van der Waals surface area contributed by atoms with Crippen LogP contribution in [0.25, 0.3) is 22.5 Å². The molecule has 0 bridgehead atoms. The molecule has 9 nitrogen and oxygen atoms in total. The van der Waals surface area contributed by atoms with Crippen LogP contribution in [0.3, 0.4) is 0 Å². The summed E-state index contributed by atoms with van der Waals surface area (Å²) in [6.07, 6.45) is 4.06. The number of nitrogens with one attached hydrogen (secondary N) is 1. The lowest BCUT2D eigenvalue weighted by atomic mass is 9.98. The lowest BCUT2D eigenvalue weighted by Gasteiger charge is -2.16. The molecule has 2 aromatic heterocycles. The van der Waals surface area contributed by atoms with Crippen LogP contribution in [0.5, 0.6) is 0 Å². The average Bonchev–Trinajstić information content (AvgIpc) is 3.47. The summed E-state index contributed by atoms with van der Waals surface area (Å²) in [7, 11) is 0. The Labute approximate surface area is 222 Å². The van der Waals surface area contributed by atoms with E-state index in [-0.39, 0.29) is 17.9 Å². The Morgan fingerprint density at radius 3 is 2.45 bits per heavy atom. The van der Waals surface area contributed by atoms with Gasteiger partial charge in [0.15, 0.2) is 0 Å². The summed E-state index contributed by atoms with van der Waals surface area (Å²) in [5.74, 6) is 1.10. The van der Waals surface area contributed by atoms with Gasteiger partial charge < -0.3 is 4.74 Å². The fourth-order valence-corrected chi connectivity index (χ4v) is 4.55. The minimum Gasteiger partial charge on any atom is -0.466 e. The van der Waals surface area contributed by atoms with Crippen molar-refractivity contribution in [3.05, 3.63) is 81.5 Å². The summed E-state index contributed by atoms with van der Waals surface area (Å²) in [5, 5.41) is 14.4. The Balaban J connectivity index is 1.60. The number of ether oxygens (including phenoxy) is 1. The second kappa shape index (κ2) is 12.9. The Kier molecular flexibility index (Phi) is 9.13. The Hall–Kier alpha value is -4.14. The van der Waals surface area contributed by atoms with Gasteiger partial charge in [-0.1, -0.05) is 61.9 Å². The quantitative estimate of drug-likeness (QED) is 0.273. The van der Waals surface area contributed by atoms with Crippen LogP contribution in [0.2, 0.25) is 0 Å². The molecule has 9 heteroatoms. The van der Waals surface area contributed by atoms with Gasteiger partial charge in [0.1, 0.15) is 5.82 Å². The molecule has 198 valence electrons. The van der Waals surface area contributed by atoms with E-state index < -0.39 is 0 Å². The third kappa shape index (κ3) is 6.40. The number of hydrogen-bond acceptors (Lipinski definition) is 7. The number of esters is 1. The molecule has 0 unspecified atom stereocenters. The Morgan fingerprint density at radius 1 is 1.00 bits per heavy atom. The number of nitrogens with zero attached hydrogens (tertiary/aromatic N) is 5. The molecule has 4 aromatic rings. The highest BCUT2D eigenvalue weighted by atomic mass is 16.5. The molecule has 0 amide bonds. The standard InChI is InChI=1S/C29H34N6O3/c1-4-6-13-26-30-20(3)23(12-9-14-27(36)38-5-2)29(37)35(26)19-21-15-17-22(18-16-21)24-10-7-8-11-25(24)28-31-33-34-32-28/h7-8,10-11,15-18H,4-6,9,12-14,19H2,1-3H3,(H,31,32,33,34). The lowest BCUT2D eigenvalue weighted by Crippen LogP contribution is -2.30. The van der Waals surface area contributed by atoms with Gasteiger partial charge in [-0.05, 0) is 55.0 Å². The topological polar surface area (TPSA) is 116 Å². The van der Waals surface area contributed by atoms with Gasteiger partial charge in [-0.25, -0.2) is 4.98 Å². The number of hydrogen-bond donors (Lipinski definition) is 1. The van der Waals surface area contributed by atoms with E-state index in [1.807, 2.05) is 55.5 Å². The van der Waals surface area contributed by atoms with E-state index in [0.717, 1.165) is 53.0 Å². The van der Waals surface area contributed by atoms with Crippen LogP contribution in [-0.2, 0) is 28.9 Å². The smallest absolute Gasteiger partial charge is 0.305 e. The molecule has 0 saturated carbocycles. The summed E-state index contributed by atoms with van der Waals surface area (Å²) < 4.78 is 6.82. The first-order chi connectivity index (χ1) is 18.5. The minimum absolute atomic E-state index is 0.0287. The van der Waals surface area contributed by atoms with Gasteiger partial charge in [0.25, 0.3) is 5.56 Å². The van der Waals surface area contributed by atoms with Crippen molar-refractivity contribution >= 4 is 5.97 Å². The largest absolute Gasteiger partial charge is 0.466 e. The Bertz CT molecular complexity index is 1410. The molecule has 38 heavy (non-hydrogen) atoms. The fraction of sp³-hybridized carbons (Fsp3) is 0.379. The molecule has 1 N–H and O–H groups in total. The van der Waals surface area contributed by atoms with Crippen molar-refractivity contribution in [1.82, 2.24) is 30.2 Å². The third-order valence-corrected chi connectivity index (χ3v) is 6.53. The predicted molar refractivity (Wildman–Crippen MR) is 146 cm³/mol. The van der Waals surface area contributed by atoms with Crippen LogP contribution >= 0.6 is 0 Å². The minimum atomic E-state index is -0.237. The molecule has 0 aliphatic heterocycles. The van der Waals surface area contributed by atoms with Crippen molar-refractivity contribution in [1.29, 1.82) is 0 Å². The molecule has 2 aromatic carbocycles. The molecule has 0 aliphatic rings. The SMILES string of the molecule is CCCCc1nc(C)c(CCCC(=O)OCC)c(=O)n1Cc1ccc(-c2ccccc2-c2nn[nH]n2)cc1. The van der Waals surface area contributed by atoms with Gasteiger partial charge in [-0.15, -0.1) is 10.2 Å². The zero-order valence-corrected chi connectivity index (χ0v) is 22.2. The summed E-state index contributed by atoms with van der Waals surface area (Å²) in [6.45, 7) is 6.60. The number of aromatic nitrogens is 6. The van der Waals surface area contributed by atoms with Crippen LogP contribution in [0.4, 0.5) is 0 Å². The maximum absolute atomic E-state index is 13.6. The number of tetrazole rings is 1. The molecule has 0 atom stereocenters. The lowest BCUT2D eigenvalue weighted by molar-refractivity contribution is -0.143. The average molecular weight is 515 g/mol. The molecule has 0 fully saturated rings. The van der Waals surface area contributed by atoms with Gasteiger partial charge in [-0.2, -0.15) is 5.21 Å². The summed E-state index contributed by atoms with van der Waals surface area (Å²) in [5.41, 5.74) is 5.31. The maximum Gasteiger partial charge on any atom is 0.305 e. The zero-order chi connectivity index (χ0) is 26.9. The van der Waals surface area contributed by atoms with Crippen LogP contribution in [0, 0.1) is 6.92 Å². The molecule has 0 aliphatic carbocycles. The summed E-state index contributed by atoms with van der Waals surface area (Å²) in [4.78, 5) is 30.2. The first-order valence-electron chi connectivity index (χ1n) is 13.2. The van der Waals surface area contributed by atoms with Crippen molar-refractivity contribution in [2.45, 2.75) is 65.8 Å². The predicted octanol–water partition coefficient (Wildman–Crippen LogP) is 4.68. The van der Waals surface area contributed by atoms with E-state index >= 15 is 0 Å². The fourth-order valence-electron chi connectivity index (χ4n) is 4.55. The van der Waals surface area contributed by atoms with Crippen molar-refractivity contribution < 1.29 is 9.53 Å². The summed E-state index contributed by atoms with van der Waals surface area (Å²) >= 11 is 0. The monoisotopic (exact) mass is 514 g/mol. The molecule has 0 spiro atoms. The first kappa shape index (κ1) is 26.9. The van der Waals surface area contributed by atoms with Crippen molar-refractivity contribution in [2.75, 3.05) is 6.61 Å². The molecule has 2 heterocycles. The van der Waals surface area contributed by atoms with E-state index in [0.29, 0.717) is 37.4 Å². The molecule has 4 rings (SSSR count). The second-order valence-corrected chi connectivity index (χ2v) is 9.22. The zero-order valence-electron chi connectivity index (χ0n) is 22.2. The van der Waals surface area contributed by atoms with Crippen molar-refractivity contribution in [3.63, 3.8) is 0 Å². The Morgan fingerprint density at radius 2 is 1.76 bits per heavy atom. The number of aromatic amines is 1. The number of rotatable bonds is 12. The normalized spacial score (nSPS) is 11.0. The molecular weight excluding hydrogens is 480 g/mol. The van der Waals surface area contributed by atoms with Crippen LogP contribution in [-0.4, -0.2) is 42.8 Å². The highest BCUT2D eigenvalue weighted by molar-refractivity contribution is 5.80. The van der Waals surface area contributed by atoms with Gasteiger partial charge in [0.2, 0.25) is 5.82 Å². The molecular formula is C29H34N6O3. The van der Waals surface area contributed by atoms with Crippen LogP contribution < -0.4 is 5.56 Å². The number of benzene rings is 2. The van der Waals surface area contributed by atoms with Gasteiger partial charge in [-0.3, -0.25) is 14.2 Å². The molecule has 0 saturated heterocycles. The van der Waals surface area contributed by atoms with Crippen molar-refractivity contribution in [2.24, 2.45) is 0 Å². The van der Waals surface area contributed by atoms with E-state index in [2.05, 4.69) is 27.5 Å². The number of aryl methyl sites for hydroxylation is 2. The van der Waals surface area contributed by atoms with Crippen LogP contribution in [0.15, 0.2) is 53.3 Å². The van der Waals surface area contributed by atoms with Gasteiger partial charge in [0, 0.05) is 29.7 Å². The number of carbonyl (C=O) groups is 1. The highest BCUT2D eigenvalue weighted by Crippen LogP contribution is 2.29. The van der Waals surface area contributed by atoms with Gasteiger partial charge >= 0.3 is 5.97 Å². The molecule has 0 radical (unpaired) electrons. The highest BCUT2D eigenvalue weighted by Gasteiger charge is 2.16. The van der Waals surface area contributed by atoms with E-state index in [1.54, 1.807) is 11.5 Å². The van der Waals surface area contributed by atoms with E-state index in [4.69, 9.17) is 9.72 Å². The number of carbonyl (C=O) groups excluding carboxylic acids is 1. The first-order valence-corrected chi connectivity index (χ1v) is 13.2. The number of unbranched alkanes of at least 4 members (excludes halogenated alkanes) is 1. The summed E-state index contributed by atoms with van der Waals surface area (Å²) in [6, 6.07) is 16.1. The van der Waals surface area contributed by atoms with Crippen LogP contribution in [0.1, 0.15) is 62.2 Å². The second-order valence-electron chi connectivity index (χ2n) is 9.22. The van der Waals surface area contributed by atoms with Gasteiger partial charge in [0.05, 0.1) is 13.2 Å². The van der Waals surface area contributed by atoms with Crippen molar-refractivity contribution in [3.8, 4) is 22.5 Å². The third-order valence-electron chi connectivity index (χ3n) is 6.53. The van der Waals surface area contributed by atoms with E-state index in [9.17, 15) is 9.59 Å².